The van der Waals surface area contributed by atoms with Gasteiger partial charge in [0.25, 0.3) is 0 Å². The number of aliphatic carboxylic acids is 1. The summed E-state index contributed by atoms with van der Waals surface area (Å²) in [6.45, 7) is 0. The highest BCUT2D eigenvalue weighted by Gasteiger charge is 2.23. The number of ketones is 1. The predicted octanol–water partition coefficient (Wildman–Crippen LogP) is 3.50. The zero-order valence-electron chi connectivity index (χ0n) is 13.1. The second-order valence-electron chi connectivity index (χ2n) is 5.20. The third-order valence-electron chi connectivity index (χ3n) is 3.26. The molecule has 122 valence electrons. The summed E-state index contributed by atoms with van der Waals surface area (Å²) in [5.41, 5.74) is 1.82. The van der Waals surface area contributed by atoms with Crippen LogP contribution in [-0.4, -0.2) is 42.5 Å². The summed E-state index contributed by atoms with van der Waals surface area (Å²) in [4.78, 5) is 25.7. The molecule has 0 saturated carbocycles. The van der Waals surface area contributed by atoms with Gasteiger partial charge in [-0.3, -0.25) is 4.79 Å². The van der Waals surface area contributed by atoms with Crippen molar-refractivity contribution < 1.29 is 14.7 Å². The Morgan fingerprint density at radius 3 is 2.26 bits per heavy atom. The highest BCUT2D eigenvalue weighted by atomic mass is 32.2. The van der Waals surface area contributed by atoms with Gasteiger partial charge in [0, 0.05) is 19.8 Å². The fraction of sp³-hybridized carbons (Fsp3) is 0.294. The zero-order chi connectivity index (χ0) is 16.8. The van der Waals surface area contributed by atoms with E-state index in [0.29, 0.717) is 4.24 Å². The summed E-state index contributed by atoms with van der Waals surface area (Å²) in [6, 6.07) is 7.70. The molecule has 23 heavy (non-hydrogen) atoms. The molecular weight excluding hydrogens is 330 g/mol. The average molecular weight is 349 g/mol. The number of carbonyl (C=O) groups excluding carboxylic acids is 1. The Labute approximate surface area is 144 Å². The number of carbonyl (C=O) groups is 2. The van der Waals surface area contributed by atoms with Crippen LogP contribution >= 0.6 is 23.5 Å². The quantitative estimate of drug-likeness (QED) is 0.499. The van der Waals surface area contributed by atoms with Gasteiger partial charge in [-0.15, -0.1) is 23.5 Å². The minimum absolute atomic E-state index is 0.110. The van der Waals surface area contributed by atoms with Gasteiger partial charge in [0.15, 0.2) is 5.78 Å². The Hall–Kier alpha value is -1.66. The van der Waals surface area contributed by atoms with Crippen molar-refractivity contribution in [2.45, 2.75) is 6.42 Å². The second-order valence-corrected chi connectivity index (χ2v) is 7.67. The Bertz CT molecular complexity index is 640. The van der Waals surface area contributed by atoms with Gasteiger partial charge in [-0.2, -0.15) is 0 Å². The normalized spacial score (nSPS) is 14.8. The summed E-state index contributed by atoms with van der Waals surface area (Å²) >= 11 is 2.91. The van der Waals surface area contributed by atoms with Gasteiger partial charge in [0.1, 0.15) is 5.57 Å². The molecule has 4 nitrogen and oxygen atoms in total. The number of carboxylic acid groups (broad SMARTS) is 1. The number of carboxylic acids is 1. The Morgan fingerprint density at radius 1 is 1.13 bits per heavy atom. The van der Waals surface area contributed by atoms with E-state index in [4.69, 9.17) is 0 Å². The fourth-order valence-corrected chi connectivity index (χ4v) is 4.64. The van der Waals surface area contributed by atoms with Crippen molar-refractivity contribution in [1.82, 2.24) is 0 Å². The molecule has 1 aliphatic heterocycles. The standard InChI is InChI=1S/C17H19NO3S2/c1-18(2)13-7-4-12(5-8-13)6-9-14(19)15(16(20)21)17-22-10-3-11-23-17/h4-9H,3,10-11H2,1-2H3,(H,20,21). The summed E-state index contributed by atoms with van der Waals surface area (Å²) < 4.78 is 0.626. The Kier molecular flexibility index (Phi) is 6.36. The lowest BCUT2D eigenvalue weighted by molar-refractivity contribution is -0.134. The largest absolute Gasteiger partial charge is 0.477 e. The summed E-state index contributed by atoms with van der Waals surface area (Å²) in [6.07, 6.45) is 4.04. The van der Waals surface area contributed by atoms with Crippen molar-refractivity contribution in [2.75, 3.05) is 30.5 Å². The van der Waals surface area contributed by atoms with Gasteiger partial charge < -0.3 is 10.0 Å². The maximum atomic E-state index is 12.3. The SMILES string of the molecule is CN(C)c1ccc(C=CC(=O)C(C(=O)O)=C2SCCCS2)cc1. The molecule has 1 aliphatic rings. The molecule has 1 aromatic rings. The van der Waals surface area contributed by atoms with Crippen LogP contribution < -0.4 is 4.90 Å². The molecule has 0 atom stereocenters. The first-order chi connectivity index (χ1) is 11.0. The van der Waals surface area contributed by atoms with E-state index in [0.717, 1.165) is 29.2 Å². The number of benzene rings is 1. The molecule has 1 saturated heterocycles. The topological polar surface area (TPSA) is 57.6 Å². The van der Waals surface area contributed by atoms with Gasteiger partial charge in [-0.05, 0) is 41.7 Å². The van der Waals surface area contributed by atoms with Crippen molar-refractivity contribution in [3.63, 3.8) is 0 Å². The Balaban J connectivity index is 2.16. The van der Waals surface area contributed by atoms with E-state index in [-0.39, 0.29) is 5.57 Å². The van der Waals surface area contributed by atoms with E-state index < -0.39 is 11.8 Å². The molecule has 6 heteroatoms. The minimum atomic E-state index is -1.15. The lowest BCUT2D eigenvalue weighted by Crippen LogP contribution is -2.13. The van der Waals surface area contributed by atoms with Crippen LogP contribution in [0, 0.1) is 0 Å². The highest BCUT2D eigenvalue weighted by molar-refractivity contribution is 8.22. The molecule has 1 fully saturated rings. The van der Waals surface area contributed by atoms with Crippen LogP contribution in [0.1, 0.15) is 12.0 Å². The number of rotatable bonds is 5. The smallest absolute Gasteiger partial charge is 0.341 e. The number of allylic oxidation sites excluding steroid dienone is 1. The first-order valence-electron chi connectivity index (χ1n) is 7.22. The predicted molar refractivity (Wildman–Crippen MR) is 99.0 cm³/mol. The van der Waals surface area contributed by atoms with Gasteiger partial charge in [0.05, 0.1) is 4.24 Å². The molecule has 1 aromatic carbocycles. The van der Waals surface area contributed by atoms with Crippen LogP contribution in [0.15, 0.2) is 40.2 Å². The molecule has 0 unspecified atom stereocenters. The minimum Gasteiger partial charge on any atom is -0.477 e. The second kappa shape index (κ2) is 8.26. The van der Waals surface area contributed by atoms with Gasteiger partial charge in [0.2, 0.25) is 0 Å². The Morgan fingerprint density at radius 2 is 1.74 bits per heavy atom. The monoisotopic (exact) mass is 349 g/mol. The first-order valence-corrected chi connectivity index (χ1v) is 9.19. The van der Waals surface area contributed by atoms with Gasteiger partial charge in [-0.1, -0.05) is 18.2 Å². The summed E-state index contributed by atoms with van der Waals surface area (Å²) in [5.74, 6) is 0.120. The van der Waals surface area contributed by atoms with E-state index in [1.54, 1.807) is 6.08 Å². The van der Waals surface area contributed by atoms with Crippen LogP contribution in [0.25, 0.3) is 6.08 Å². The van der Waals surface area contributed by atoms with E-state index in [1.165, 1.54) is 29.6 Å². The van der Waals surface area contributed by atoms with Crippen LogP contribution in [0.4, 0.5) is 5.69 Å². The van der Waals surface area contributed by atoms with Gasteiger partial charge in [-0.25, -0.2) is 4.79 Å². The maximum absolute atomic E-state index is 12.3. The molecule has 1 N–H and O–H groups in total. The summed E-state index contributed by atoms with van der Waals surface area (Å²) in [7, 11) is 3.92. The number of hydrogen-bond acceptors (Lipinski definition) is 5. The van der Waals surface area contributed by atoms with E-state index in [1.807, 2.05) is 43.3 Å². The third-order valence-corrected chi connectivity index (χ3v) is 5.88. The van der Waals surface area contributed by atoms with Crippen LogP contribution in [0.3, 0.4) is 0 Å². The highest BCUT2D eigenvalue weighted by Crippen LogP contribution is 2.37. The van der Waals surface area contributed by atoms with Crippen molar-refractivity contribution in [1.29, 1.82) is 0 Å². The molecular formula is C17H19NO3S2. The summed E-state index contributed by atoms with van der Waals surface area (Å²) in [5, 5.41) is 9.35. The van der Waals surface area contributed by atoms with Crippen molar-refractivity contribution in [3.8, 4) is 0 Å². The first kappa shape index (κ1) is 17.7. The van der Waals surface area contributed by atoms with E-state index >= 15 is 0 Å². The molecule has 0 amide bonds. The number of hydrogen-bond donors (Lipinski definition) is 1. The lowest BCUT2D eigenvalue weighted by Gasteiger charge is -2.14. The molecule has 1 heterocycles. The molecule has 0 radical (unpaired) electrons. The van der Waals surface area contributed by atoms with E-state index in [9.17, 15) is 14.7 Å². The average Bonchev–Trinajstić information content (AvgIpc) is 2.54. The number of nitrogens with zero attached hydrogens (tertiary/aromatic N) is 1. The fourth-order valence-electron chi connectivity index (χ4n) is 2.01. The lowest BCUT2D eigenvalue weighted by atomic mass is 10.1. The van der Waals surface area contributed by atoms with Crippen molar-refractivity contribution in [3.05, 3.63) is 45.7 Å². The zero-order valence-corrected chi connectivity index (χ0v) is 14.7. The van der Waals surface area contributed by atoms with E-state index in [2.05, 4.69) is 0 Å². The van der Waals surface area contributed by atoms with Crippen molar-refractivity contribution >= 4 is 47.0 Å². The molecule has 0 aliphatic carbocycles. The van der Waals surface area contributed by atoms with Crippen LogP contribution in [-0.2, 0) is 9.59 Å². The van der Waals surface area contributed by atoms with Crippen LogP contribution in [0.5, 0.6) is 0 Å². The molecule has 2 rings (SSSR count). The van der Waals surface area contributed by atoms with Crippen molar-refractivity contribution in [2.24, 2.45) is 0 Å². The van der Waals surface area contributed by atoms with Gasteiger partial charge >= 0.3 is 5.97 Å². The maximum Gasteiger partial charge on any atom is 0.341 e. The molecule has 0 spiro atoms. The third kappa shape index (κ3) is 4.91. The van der Waals surface area contributed by atoms with Crippen LogP contribution in [0.2, 0.25) is 0 Å². The number of thioether (sulfide) groups is 2. The molecule has 0 bridgehead atoms. The number of anilines is 1. The molecule has 0 aromatic heterocycles.